The van der Waals surface area contributed by atoms with Gasteiger partial charge in [-0.25, -0.2) is 8.78 Å². The van der Waals surface area contributed by atoms with E-state index in [2.05, 4.69) is 4.90 Å². The molecule has 8 heteroatoms. The largest absolute Gasteiger partial charge is 0.497 e. The first-order chi connectivity index (χ1) is 16.9. The summed E-state index contributed by atoms with van der Waals surface area (Å²) in [6.07, 6.45) is -0.424. The molecule has 35 heavy (non-hydrogen) atoms. The molecular weight excluding hydrogens is 474 g/mol. The number of carbonyl (C=O) groups is 1. The maximum absolute atomic E-state index is 14.1. The number of ether oxygens (including phenoxy) is 2. The normalized spacial score (nSPS) is 15.1. The minimum absolute atomic E-state index is 0.0379. The number of methoxy groups -OCH3 is 1. The number of rotatable bonds is 8. The van der Waals surface area contributed by atoms with Crippen molar-refractivity contribution in [2.75, 3.05) is 39.8 Å². The molecule has 184 valence electrons. The smallest absolute Gasteiger partial charge is 0.254 e. The highest BCUT2D eigenvalue weighted by Gasteiger charge is 2.25. The highest BCUT2D eigenvalue weighted by molar-refractivity contribution is 6.30. The summed E-state index contributed by atoms with van der Waals surface area (Å²) < 4.78 is 39.5. The van der Waals surface area contributed by atoms with Crippen LogP contribution in [0.25, 0.3) is 0 Å². The van der Waals surface area contributed by atoms with Gasteiger partial charge in [-0.1, -0.05) is 35.9 Å². The lowest BCUT2D eigenvalue weighted by Crippen LogP contribution is -2.49. The van der Waals surface area contributed by atoms with E-state index in [0.717, 1.165) is 5.56 Å². The SMILES string of the molecule is COc1cccc(C(=O)N2CCN(C[C@@H](OCc3c(F)cccc3F)c3ccc(Cl)cc3)CC2)c1. The number of hydrogen-bond acceptors (Lipinski definition) is 4. The van der Waals surface area contributed by atoms with E-state index in [-0.39, 0.29) is 18.1 Å². The maximum atomic E-state index is 14.1. The Morgan fingerprint density at radius 2 is 1.63 bits per heavy atom. The second kappa shape index (κ2) is 11.6. The third kappa shape index (κ3) is 6.36. The fraction of sp³-hybridized carbons (Fsp3) is 0.296. The van der Waals surface area contributed by atoms with Crippen LogP contribution in [-0.2, 0) is 11.3 Å². The van der Waals surface area contributed by atoms with Crippen molar-refractivity contribution in [3.63, 3.8) is 0 Å². The van der Waals surface area contributed by atoms with Crippen LogP contribution in [-0.4, -0.2) is 55.5 Å². The van der Waals surface area contributed by atoms with Gasteiger partial charge in [-0.3, -0.25) is 9.69 Å². The fourth-order valence-electron chi connectivity index (χ4n) is 4.09. The van der Waals surface area contributed by atoms with Crippen molar-refractivity contribution in [3.05, 3.63) is 100 Å². The molecule has 3 aromatic carbocycles. The van der Waals surface area contributed by atoms with Crippen LogP contribution < -0.4 is 4.74 Å². The van der Waals surface area contributed by atoms with Crippen LogP contribution in [0.4, 0.5) is 8.78 Å². The number of hydrogen-bond donors (Lipinski definition) is 0. The maximum Gasteiger partial charge on any atom is 0.254 e. The molecule has 0 bridgehead atoms. The molecule has 1 aliphatic rings. The molecular formula is C27H27ClF2N2O3. The molecule has 0 radical (unpaired) electrons. The monoisotopic (exact) mass is 500 g/mol. The minimum atomic E-state index is -0.635. The summed E-state index contributed by atoms with van der Waals surface area (Å²) in [7, 11) is 1.57. The van der Waals surface area contributed by atoms with Crippen molar-refractivity contribution in [1.29, 1.82) is 0 Å². The Labute approximate surface area is 208 Å². The molecule has 1 saturated heterocycles. The van der Waals surface area contributed by atoms with E-state index >= 15 is 0 Å². The van der Waals surface area contributed by atoms with E-state index in [1.807, 2.05) is 17.0 Å². The molecule has 0 aromatic heterocycles. The van der Waals surface area contributed by atoms with E-state index in [0.29, 0.717) is 49.1 Å². The first kappa shape index (κ1) is 25.1. The van der Waals surface area contributed by atoms with E-state index in [1.54, 1.807) is 43.5 Å². The Kier molecular flexibility index (Phi) is 8.33. The summed E-state index contributed by atoms with van der Waals surface area (Å²) in [5.41, 5.74) is 1.35. The molecule has 1 heterocycles. The van der Waals surface area contributed by atoms with Gasteiger partial charge in [0.2, 0.25) is 0 Å². The van der Waals surface area contributed by atoms with Crippen molar-refractivity contribution < 1.29 is 23.0 Å². The van der Waals surface area contributed by atoms with Crippen molar-refractivity contribution in [2.24, 2.45) is 0 Å². The van der Waals surface area contributed by atoms with E-state index < -0.39 is 17.7 Å². The van der Waals surface area contributed by atoms with E-state index in [9.17, 15) is 13.6 Å². The standard InChI is InChI=1S/C27H27ClF2N2O3/c1-34-22-5-2-4-20(16-22)27(33)32-14-12-31(13-15-32)17-26(19-8-10-21(28)11-9-19)35-18-23-24(29)6-3-7-25(23)30/h2-11,16,26H,12-15,17-18H2,1H3/t26-/m1/s1. The Bertz CT molecular complexity index is 1130. The molecule has 0 aliphatic carbocycles. The van der Waals surface area contributed by atoms with E-state index in [4.69, 9.17) is 21.1 Å². The van der Waals surface area contributed by atoms with Gasteiger partial charge in [0, 0.05) is 48.9 Å². The van der Waals surface area contributed by atoms with Gasteiger partial charge in [-0.2, -0.15) is 0 Å². The second-order valence-electron chi connectivity index (χ2n) is 8.38. The van der Waals surface area contributed by atoms with Crippen molar-refractivity contribution >= 4 is 17.5 Å². The molecule has 0 unspecified atom stereocenters. The van der Waals surface area contributed by atoms with E-state index in [1.165, 1.54) is 18.2 Å². The van der Waals surface area contributed by atoms with Crippen LogP contribution in [0.15, 0.2) is 66.7 Å². The third-order valence-electron chi connectivity index (χ3n) is 6.13. The van der Waals surface area contributed by atoms with Gasteiger partial charge >= 0.3 is 0 Å². The zero-order chi connectivity index (χ0) is 24.8. The van der Waals surface area contributed by atoms with Crippen molar-refractivity contribution in [3.8, 4) is 5.75 Å². The molecule has 1 fully saturated rings. The van der Waals surface area contributed by atoms with Crippen LogP contribution >= 0.6 is 11.6 Å². The van der Waals surface area contributed by atoms with Gasteiger partial charge in [-0.05, 0) is 48.0 Å². The topological polar surface area (TPSA) is 42.0 Å². The first-order valence-corrected chi connectivity index (χ1v) is 11.8. The second-order valence-corrected chi connectivity index (χ2v) is 8.81. The molecule has 0 saturated carbocycles. The Morgan fingerprint density at radius 3 is 2.29 bits per heavy atom. The molecule has 5 nitrogen and oxygen atoms in total. The first-order valence-electron chi connectivity index (χ1n) is 11.4. The number of halogens is 3. The van der Waals surface area contributed by atoms with Crippen molar-refractivity contribution in [2.45, 2.75) is 12.7 Å². The number of nitrogens with zero attached hydrogens (tertiary/aromatic N) is 2. The zero-order valence-corrected chi connectivity index (χ0v) is 20.2. The predicted octanol–water partition coefficient (Wildman–Crippen LogP) is 5.34. The van der Waals surface area contributed by atoms with Gasteiger partial charge in [0.1, 0.15) is 17.4 Å². The molecule has 0 spiro atoms. The third-order valence-corrected chi connectivity index (χ3v) is 6.38. The van der Waals surface area contributed by atoms with Crippen molar-refractivity contribution in [1.82, 2.24) is 9.80 Å². The Balaban J connectivity index is 1.41. The summed E-state index contributed by atoms with van der Waals surface area (Å²) in [4.78, 5) is 16.9. The summed E-state index contributed by atoms with van der Waals surface area (Å²) in [5, 5.41) is 0.595. The zero-order valence-electron chi connectivity index (χ0n) is 19.4. The average molecular weight is 501 g/mol. The predicted molar refractivity (Wildman–Crippen MR) is 131 cm³/mol. The van der Waals surface area contributed by atoms with Crippen LogP contribution in [0.5, 0.6) is 5.75 Å². The summed E-state index contributed by atoms with van der Waals surface area (Å²) in [6, 6.07) is 18.1. The Morgan fingerprint density at radius 1 is 0.971 bits per heavy atom. The van der Waals surface area contributed by atoms with Crippen LogP contribution in [0, 0.1) is 11.6 Å². The lowest BCUT2D eigenvalue weighted by Gasteiger charge is -2.36. The van der Waals surface area contributed by atoms with Crippen LogP contribution in [0.2, 0.25) is 5.02 Å². The average Bonchev–Trinajstić information content (AvgIpc) is 2.88. The molecule has 4 rings (SSSR count). The van der Waals surface area contributed by atoms with Gasteiger partial charge < -0.3 is 14.4 Å². The van der Waals surface area contributed by atoms with Gasteiger partial charge in [0.05, 0.1) is 19.8 Å². The fourth-order valence-corrected chi connectivity index (χ4v) is 4.22. The van der Waals surface area contributed by atoms with Crippen LogP contribution in [0.1, 0.15) is 27.6 Å². The number of carbonyl (C=O) groups excluding carboxylic acids is 1. The molecule has 0 N–H and O–H groups in total. The summed E-state index contributed by atoms with van der Waals surface area (Å²) >= 11 is 6.04. The molecule has 1 amide bonds. The lowest BCUT2D eigenvalue weighted by molar-refractivity contribution is 0.00144. The summed E-state index contributed by atoms with van der Waals surface area (Å²) in [5.74, 6) is -0.665. The number of piperazine rings is 1. The van der Waals surface area contributed by atoms with Gasteiger partial charge in [-0.15, -0.1) is 0 Å². The molecule has 1 atom stereocenters. The number of benzene rings is 3. The minimum Gasteiger partial charge on any atom is -0.497 e. The highest BCUT2D eigenvalue weighted by atomic mass is 35.5. The molecule has 3 aromatic rings. The van der Waals surface area contributed by atoms with Crippen LogP contribution in [0.3, 0.4) is 0 Å². The lowest BCUT2D eigenvalue weighted by atomic mass is 10.1. The Hall–Kier alpha value is -3.00. The van der Waals surface area contributed by atoms with Gasteiger partial charge in [0.15, 0.2) is 0 Å². The molecule has 1 aliphatic heterocycles. The van der Waals surface area contributed by atoms with Gasteiger partial charge in [0.25, 0.3) is 5.91 Å². The highest BCUT2D eigenvalue weighted by Crippen LogP contribution is 2.25. The quantitative estimate of drug-likeness (QED) is 0.418. The summed E-state index contributed by atoms with van der Waals surface area (Å²) in [6.45, 7) is 2.74. The number of amides is 1.